The fourth-order valence-electron chi connectivity index (χ4n) is 5.65. The summed E-state index contributed by atoms with van der Waals surface area (Å²) in [7, 11) is 0. The van der Waals surface area contributed by atoms with E-state index in [-0.39, 0.29) is 32.7 Å². The van der Waals surface area contributed by atoms with Crippen molar-refractivity contribution in [1.29, 1.82) is 0 Å². The van der Waals surface area contributed by atoms with Gasteiger partial charge in [0.05, 0.1) is 0 Å². The van der Waals surface area contributed by atoms with Gasteiger partial charge >= 0.3 is 0 Å². The van der Waals surface area contributed by atoms with Crippen LogP contribution in [-0.4, -0.2) is 11.7 Å². The van der Waals surface area contributed by atoms with Crippen LogP contribution >= 0.6 is 0 Å². The Morgan fingerprint density at radius 2 is 1.73 bits per heavy atom. The first kappa shape index (κ1) is 11.2. The third kappa shape index (κ3) is 1.32. The second-order valence-electron chi connectivity index (χ2n) is 6.11. The van der Waals surface area contributed by atoms with E-state index >= 15 is 0 Å². The molecule has 0 saturated heterocycles. The molecule has 0 spiro atoms. The molecule has 4 saturated carbocycles. The molecule has 0 aromatic rings. The fourth-order valence-corrected chi connectivity index (χ4v) is 5.65. The van der Waals surface area contributed by atoms with Gasteiger partial charge < -0.3 is 5.11 Å². The molecule has 1 N–H and O–H groups in total. The Balaban J connectivity index is 0.000000722. The average Bonchev–Trinajstić information content (AvgIpc) is 2.94. The van der Waals surface area contributed by atoms with Gasteiger partial charge in [-0.3, -0.25) is 5.92 Å². The minimum Gasteiger partial charge on any atom is -0.428 e. The van der Waals surface area contributed by atoms with Crippen molar-refractivity contribution in [3.05, 3.63) is 5.92 Å². The predicted octanol–water partition coefficient (Wildman–Crippen LogP) is 2.25. The molecule has 0 aromatic heterocycles. The minimum absolute atomic E-state index is 0. The summed E-state index contributed by atoms with van der Waals surface area (Å²) in [6.45, 7) is 0.391. The molecule has 2 heteroatoms. The molecular formula is C13H19OY-. The summed E-state index contributed by atoms with van der Waals surface area (Å²) in [4.78, 5) is 0. The standard InChI is InChI=1S/C13H19O.Y/c14-6-10-4-9-5-11(10)13-8-2-1-7(3-8)12(9)13;/h7-9,11-14H,1-6H2;/q-1;. The van der Waals surface area contributed by atoms with Gasteiger partial charge in [-0.1, -0.05) is 24.9 Å². The molecule has 4 rings (SSSR count). The van der Waals surface area contributed by atoms with Crippen LogP contribution in [0.5, 0.6) is 0 Å². The number of rotatable bonds is 1. The first-order chi connectivity index (χ1) is 6.88. The van der Waals surface area contributed by atoms with Gasteiger partial charge in [0.25, 0.3) is 0 Å². The predicted molar refractivity (Wildman–Crippen MR) is 54.4 cm³/mol. The molecule has 4 fully saturated rings. The molecule has 0 amide bonds. The molecule has 0 heterocycles. The topological polar surface area (TPSA) is 20.2 Å². The number of hydrogen-bond acceptors (Lipinski definition) is 1. The summed E-state index contributed by atoms with van der Waals surface area (Å²) >= 11 is 0. The zero-order chi connectivity index (χ0) is 9.28. The maximum Gasteiger partial charge on any atom is 0 e. The van der Waals surface area contributed by atoms with Crippen molar-refractivity contribution >= 4 is 0 Å². The van der Waals surface area contributed by atoms with Gasteiger partial charge in [0.1, 0.15) is 0 Å². The van der Waals surface area contributed by atoms with Crippen LogP contribution < -0.4 is 0 Å². The van der Waals surface area contributed by atoms with Crippen LogP contribution in [0.2, 0.25) is 0 Å². The van der Waals surface area contributed by atoms with Crippen LogP contribution in [0, 0.1) is 41.4 Å². The quantitative estimate of drug-likeness (QED) is 0.577. The number of aliphatic hydroxyl groups excluding tert-OH is 1. The van der Waals surface area contributed by atoms with Gasteiger partial charge in [0, 0.05) is 32.7 Å². The van der Waals surface area contributed by atoms with Gasteiger partial charge in [0.15, 0.2) is 0 Å². The van der Waals surface area contributed by atoms with Crippen molar-refractivity contribution in [2.75, 3.05) is 6.61 Å². The third-order valence-corrected chi connectivity index (χ3v) is 5.86. The third-order valence-electron chi connectivity index (χ3n) is 5.86. The van der Waals surface area contributed by atoms with Crippen molar-refractivity contribution in [3.63, 3.8) is 0 Å². The Morgan fingerprint density at radius 1 is 1.00 bits per heavy atom. The zero-order valence-corrected chi connectivity index (χ0v) is 12.1. The molecular weight excluding hydrogens is 261 g/mol. The van der Waals surface area contributed by atoms with Crippen LogP contribution in [0.1, 0.15) is 32.1 Å². The normalized spacial score (nSPS) is 55.8. The van der Waals surface area contributed by atoms with E-state index < -0.39 is 0 Å². The molecule has 4 bridgehead atoms. The molecule has 4 aliphatic carbocycles. The van der Waals surface area contributed by atoms with Crippen LogP contribution in [-0.2, 0) is 32.7 Å². The van der Waals surface area contributed by atoms with E-state index in [9.17, 15) is 5.11 Å². The van der Waals surface area contributed by atoms with Crippen molar-refractivity contribution in [3.8, 4) is 0 Å². The Morgan fingerprint density at radius 3 is 2.47 bits per heavy atom. The summed E-state index contributed by atoms with van der Waals surface area (Å²) in [5.41, 5.74) is 0. The van der Waals surface area contributed by atoms with E-state index in [2.05, 4.69) is 0 Å². The summed E-state index contributed by atoms with van der Waals surface area (Å²) in [5, 5.41) is 9.34. The molecule has 1 radical (unpaired) electrons. The summed E-state index contributed by atoms with van der Waals surface area (Å²) in [5.74, 6) is 7.63. The van der Waals surface area contributed by atoms with Crippen molar-refractivity contribution in [2.45, 2.75) is 32.1 Å². The molecule has 15 heavy (non-hydrogen) atoms. The van der Waals surface area contributed by atoms with Crippen LogP contribution in [0.25, 0.3) is 0 Å². The van der Waals surface area contributed by atoms with Crippen molar-refractivity contribution in [2.24, 2.45) is 35.5 Å². The number of fused-ring (bicyclic) bond motifs is 9. The Labute approximate surface area is 117 Å². The van der Waals surface area contributed by atoms with E-state index in [0.717, 1.165) is 35.5 Å². The molecule has 0 aliphatic heterocycles. The summed E-state index contributed by atoms with van der Waals surface area (Å²) < 4.78 is 0. The molecule has 4 aliphatic rings. The Kier molecular flexibility index (Phi) is 2.82. The van der Waals surface area contributed by atoms with E-state index in [1.54, 1.807) is 6.42 Å². The monoisotopic (exact) mass is 280 g/mol. The van der Waals surface area contributed by atoms with Crippen molar-refractivity contribution in [1.82, 2.24) is 0 Å². The van der Waals surface area contributed by atoms with Gasteiger partial charge in [-0.2, -0.15) is 12.3 Å². The van der Waals surface area contributed by atoms with Crippen LogP contribution in [0.15, 0.2) is 0 Å². The van der Waals surface area contributed by atoms with E-state index in [1.165, 1.54) is 31.6 Å². The molecule has 6 unspecified atom stereocenters. The zero-order valence-electron chi connectivity index (χ0n) is 9.23. The van der Waals surface area contributed by atoms with E-state index in [0.29, 0.717) is 6.61 Å². The maximum absolute atomic E-state index is 9.34. The van der Waals surface area contributed by atoms with Gasteiger partial charge in [-0.15, -0.1) is 0 Å². The van der Waals surface area contributed by atoms with Crippen LogP contribution in [0.3, 0.4) is 0 Å². The van der Waals surface area contributed by atoms with Gasteiger partial charge in [0.2, 0.25) is 0 Å². The first-order valence-electron chi connectivity index (χ1n) is 6.34. The molecule has 0 aromatic carbocycles. The smallest absolute Gasteiger partial charge is 0 e. The minimum atomic E-state index is 0. The van der Waals surface area contributed by atoms with Crippen LogP contribution in [0.4, 0.5) is 0 Å². The number of aliphatic hydroxyl groups is 1. The van der Waals surface area contributed by atoms with E-state index in [4.69, 9.17) is 0 Å². The van der Waals surface area contributed by atoms with Crippen molar-refractivity contribution < 1.29 is 37.8 Å². The fraction of sp³-hybridized carbons (Fsp3) is 0.923. The Bertz CT molecular complexity index is 267. The molecule has 1 nitrogen and oxygen atoms in total. The SMILES string of the molecule is OC[C-]1CC2CC1C1C3CCC(C3)C21.[Y]. The molecule has 6 atom stereocenters. The Hall–Kier alpha value is 1.06. The van der Waals surface area contributed by atoms with E-state index in [1.807, 2.05) is 0 Å². The maximum atomic E-state index is 9.34. The first-order valence-corrected chi connectivity index (χ1v) is 6.34. The van der Waals surface area contributed by atoms with Gasteiger partial charge in [-0.25, -0.2) is 0 Å². The van der Waals surface area contributed by atoms with Gasteiger partial charge in [-0.05, 0) is 37.0 Å². The average molecular weight is 280 g/mol. The largest absolute Gasteiger partial charge is 0.428 e. The summed E-state index contributed by atoms with van der Waals surface area (Å²) in [6, 6.07) is 0. The second-order valence-corrected chi connectivity index (χ2v) is 6.11. The number of hydrogen-bond donors (Lipinski definition) is 1. The molecule has 81 valence electrons. The summed E-state index contributed by atoms with van der Waals surface area (Å²) in [6.07, 6.45) is 7.31. The second kappa shape index (κ2) is 3.78.